The Kier molecular flexibility index (Phi) is 7.53. The zero-order chi connectivity index (χ0) is 25.7. The van der Waals surface area contributed by atoms with E-state index in [0.29, 0.717) is 24.0 Å². The highest BCUT2D eigenvalue weighted by Crippen LogP contribution is 2.36. The van der Waals surface area contributed by atoms with Crippen LogP contribution in [0.5, 0.6) is 0 Å². The molecule has 4 rings (SSSR count). The summed E-state index contributed by atoms with van der Waals surface area (Å²) in [6.45, 7) is 0. The summed E-state index contributed by atoms with van der Waals surface area (Å²) in [6, 6.07) is 17.2. The predicted molar refractivity (Wildman–Crippen MR) is 130 cm³/mol. The highest BCUT2D eigenvalue weighted by molar-refractivity contribution is 5.93. The molecule has 1 aromatic heterocycles. The lowest BCUT2D eigenvalue weighted by Gasteiger charge is -2.42. The number of aliphatic hydroxyl groups is 2. The number of ether oxygens (including phenoxy) is 1. The zero-order valence-electron chi connectivity index (χ0n) is 20.0. The van der Waals surface area contributed by atoms with Crippen molar-refractivity contribution in [1.29, 1.82) is 0 Å². The summed E-state index contributed by atoms with van der Waals surface area (Å²) < 4.78 is 6.67. The van der Waals surface area contributed by atoms with Crippen LogP contribution in [0.4, 0.5) is 0 Å². The number of nitrogens with zero attached hydrogens (tertiary/aromatic N) is 2. The Bertz CT molecular complexity index is 1150. The second-order valence-corrected chi connectivity index (χ2v) is 9.36. The molecule has 9 heteroatoms. The first-order valence-corrected chi connectivity index (χ1v) is 12.0. The number of carbonyl (C=O) groups is 2. The minimum Gasteiger partial charge on any atom is -0.442 e. The third kappa shape index (κ3) is 5.48. The van der Waals surface area contributed by atoms with Crippen LogP contribution in [0.25, 0.3) is 0 Å². The van der Waals surface area contributed by atoms with Crippen molar-refractivity contribution in [3.05, 3.63) is 90.5 Å². The van der Waals surface area contributed by atoms with Crippen molar-refractivity contribution in [3.63, 3.8) is 0 Å². The van der Waals surface area contributed by atoms with Crippen LogP contribution in [-0.4, -0.2) is 48.8 Å². The van der Waals surface area contributed by atoms with Crippen molar-refractivity contribution < 1.29 is 29.4 Å². The minimum absolute atomic E-state index is 0.412. The van der Waals surface area contributed by atoms with E-state index in [9.17, 15) is 19.8 Å². The summed E-state index contributed by atoms with van der Waals surface area (Å²) in [7, 11) is 0. The molecule has 1 saturated carbocycles. The van der Waals surface area contributed by atoms with Crippen LogP contribution in [0.15, 0.2) is 79.4 Å². The van der Waals surface area contributed by atoms with E-state index < -0.39 is 41.7 Å². The number of aromatic nitrogens is 2. The Labute approximate surface area is 209 Å². The molecule has 1 heterocycles. The standard InChI is InChI=1S/C27H31N3O6/c28-25(14-8-3-9-15-25)35-23(31)26(33,18-21-10-4-1-5-11-21)27(34,19-22-12-6-2-7-13-22)24(32)36-30-17-16-29-20-30/h1-2,4-7,10-13,16-17,20,33-34H,3,8-9,14-15,18-19,28H2. The van der Waals surface area contributed by atoms with Crippen LogP contribution in [0.2, 0.25) is 0 Å². The van der Waals surface area contributed by atoms with E-state index in [1.165, 1.54) is 18.7 Å². The molecule has 1 fully saturated rings. The molecule has 0 aliphatic heterocycles. The van der Waals surface area contributed by atoms with Gasteiger partial charge in [0.1, 0.15) is 6.33 Å². The van der Waals surface area contributed by atoms with E-state index in [4.69, 9.17) is 15.3 Å². The number of hydrogen-bond acceptors (Lipinski definition) is 8. The van der Waals surface area contributed by atoms with Crippen molar-refractivity contribution >= 4 is 11.9 Å². The van der Waals surface area contributed by atoms with Gasteiger partial charge in [-0.3, -0.25) is 5.73 Å². The van der Waals surface area contributed by atoms with Crippen molar-refractivity contribution in [2.45, 2.75) is 61.9 Å². The molecule has 0 spiro atoms. The summed E-state index contributed by atoms with van der Waals surface area (Å²) in [6.07, 6.45) is 6.43. The van der Waals surface area contributed by atoms with E-state index in [2.05, 4.69) is 4.98 Å². The first kappa shape index (κ1) is 25.6. The topological polar surface area (TPSA) is 137 Å². The number of nitrogens with two attached hydrogens (primary N) is 1. The molecule has 0 radical (unpaired) electrons. The monoisotopic (exact) mass is 493 g/mol. The fraction of sp³-hybridized carbons (Fsp3) is 0.370. The highest BCUT2D eigenvalue weighted by atomic mass is 16.7. The smallest absolute Gasteiger partial charge is 0.368 e. The van der Waals surface area contributed by atoms with Crippen molar-refractivity contribution in [3.8, 4) is 0 Å². The maximum atomic E-state index is 13.7. The second-order valence-electron chi connectivity index (χ2n) is 9.36. The maximum Gasteiger partial charge on any atom is 0.368 e. The molecule has 2 aromatic carbocycles. The fourth-order valence-corrected chi connectivity index (χ4v) is 4.55. The maximum absolute atomic E-state index is 13.7. The summed E-state index contributed by atoms with van der Waals surface area (Å²) in [5.41, 5.74) is 0.603. The van der Waals surface area contributed by atoms with Gasteiger partial charge in [-0.1, -0.05) is 67.1 Å². The van der Waals surface area contributed by atoms with Gasteiger partial charge in [0.05, 0.1) is 6.20 Å². The molecule has 2 atom stereocenters. The summed E-state index contributed by atoms with van der Waals surface area (Å²) in [5, 5.41) is 24.0. The minimum atomic E-state index is -2.74. The van der Waals surface area contributed by atoms with E-state index >= 15 is 0 Å². The first-order valence-electron chi connectivity index (χ1n) is 12.0. The first-order chi connectivity index (χ1) is 17.2. The van der Waals surface area contributed by atoms with Crippen LogP contribution in [0.3, 0.4) is 0 Å². The number of carbonyl (C=O) groups excluding carboxylic acids is 2. The normalized spacial score (nSPS) is 18.4. The highest BCUT2D eigenvalue weighted by Gasteiger charge is 2.63. The van der Waals surface area contributed by atoms with Crippen molar-refractivity contribution in [2.75, 3.05) is 0 Å². The Morgan fingerprint density at radius 3 is 1.92 bits per heavy atom. The summed E-state index contributed by atoms with van der Waals surface area (Å²) in [5.74, 6) is -2.42. The van der Waals surface area contributed by atoms with E-state index in [1.807, 2.05) is 0 Å². The molecule has 0 amide bonds. The molecule has 4 N–H and O–H groups in total. The SMILES string of the molecule is NC1(OC(=O)C(O)(Cc2ccccc2)C(O)(Cc2ccccc2)C(=O)On2ccnc2)CCCCC1. The van der Waals surface area contributed by atoms with E-state index in [-0.39, 0.29) is 0 Å². The van der Waals surface area contributed by atoms with Crippen LogP contribution < -0.4 is 10.6 Å². The number of benzene rings is 2. The summed E-state index contributed by atoms with van der Waals surface area (Å²) >= 11 is 0. The van der Waals surface area contributed by atoms with Crippen molar-refractivity contribution in [1.82, 2.24) is 9.71 Å². The Balaban J connectivity index is 1.77. The lowest BCUT2D eigenvalue weighted by Crippen LogP contribution is -2.69. The molecule has 1 aliphatic carbocycles. The largest absolute Gasteiger partial charge is 0.442 e. The third-order valence-electron chi connectivity index (χ3n) is 6.63. The average molecular weight is 494 g/mol. The number of rotatable bonds is 9. The van der Waals surface area contributed by atoms with E-state index in [1.54, 1.807) is 60.7 Å². The zero-order valence-corrected chi connectivity index (χ0v) is 20.0. The lowest BCUT2D eigenvalue weighted by molar-refractivity contribution is -0.223. The Morgan fingerprint density at radius 1 is 0.889 bits per heavy atom. The van der Waals surface area contributed by atoms with E-state index in [0.717, 1.165) is 24.0 Å². The number of hydrogen-bond donors (Lipinski definition) is 3. The molecule has 0 bridgehead atoms. The second kappa shape index (κ2) is 10.6. The molecular formula is C27H31N3O6. The quantitative estimate of drug-likeness (QED) is 0.304. The average Bonchev–Trinajstić information content (AvgIpc) is 3.38. The van der Waals surface area contributed by atoms with Gasteiger partial charge in [-0.05, 0) is 24.0 Å². The van der Waals surface area contributed by atoms with Gasteiger partial charge in [0.2, 0.25) is 11.2 Å². The van der Waals surface area contributed by atoms with Gasteiger partial charge < -0.3 is 19.8 Å². The van der Waals surface area contributed by atoms with Crippen LogP contribution in [0.1, 0.15) is 43.2 Å². The molecule has 190 valence electrons. The third-order valence-corrected chi connectivity index (χ3v) is 6.63. The van der Waals surface area contributed by atoms with Gasteiger partial charge in [-0.25, -0.2) is 14.6 Å². The van der Waals surface area contributed by atoms with Crippen LogP contribution in [0, 0.1) is 0 Å². The number of esters is 1. The van der Waals surface area contributed by atoms with Gasteiger partial charge in [0.15, 0.2) is 5.72 Å². The van der Waals surface area contributed by atoms with Crippen molar-refractivity contribution in [2.24, 2.45) is 5.73 Å². The van der Waals surface area contributed by atoms with Crippen LogP contribution in [-0.2, 0) is 27.2 Å². The molecule has 9 nitrogen and oxygen atoms in total. The molecule has 2 unspecified atom stereocenters. The van der Waals surface area contributed by atoms with Gasteiger partial charge in [-0.15, -0.1) is 0 Å². The van der Waals surface area contributed by atoms with Gasteiger partial charge >= 0.3 is 11.9 Å². The predicted octanol–water partition coefficient (Wildman–Crippen LogP) is 1.95. The lowest BCUT2D eigenvalue weighted by atomic mass is 9.74. The molecule has 36 heavy (non-hydrogen) atoms. The van der Waals surface area contributed by atoms with Gasteiger partial charge in [-0.2, -0.15) is 4.73 Å². The molecule has 3 aromatic rings. The molecular weight excluding hydrogens is 462 g/mol. The molecule has 0 saturated heterocycles. The molecule has 1 aliphatic rings. The summed E-state index contributed by atoms with van der Waals surface area (Å²) in [4.78, 5) is 36.4. The fourth-order valence-electron chi connectivity index (χ4n) is 4.55. The van der Waals surface area contributed by atoms with Gasteiger partial charge in [0.25, 0.3) is 0 Å². The van der Waals surface area contributed by atoms with Crippen LogP contribution >= 0.6 is 0 Å². The number of imidazole rings is 1. The Hall–Kier alpha value is -3.53. The Morgan fingerprint density at radius 2 is 1.42 bits per heavy atom. The van der Waals surface area contributed by atoms with Gasteiger partial charge in [0, 0.05) is 31.9 Å².